The Morgan fingerprint density at radius 1 is 1.20 bits per heavy atom. The van der Waals surface area contributed by atoms with E-state index in [0.717, 1.165) is 45.0 Å². The van der Waals surface area contributed by atoms with Gasteiger partial charge in [-0.15, -0.1) is 0 Å². The first-order chi connectivity index (χ1) is 9.47. The number of nitrogens with zero attached hydrogens (tertiary/aromatic N) is 3. The summed E-state index contributed by atoms with van der Waals surface area (Å²) in [5.74, 6) is 1.10. The summed E-state index contributed by atoms with van der Waals surface area (Å²) in [7, 11) is 0. The number of rotatable bonds is 4. The molecule has 112 valence electrons. The molecule has 0 aromatic carbocycles. The molecule has 0 amide bonds. The van der Waals surface area contributed by atoms with Crippen molar-refractivity contribution in [2.75, 3.05) is 37.6 Å². The second kappa shape index (κ2) is 6.55. The highest BCUT2D eigenvalue weighted by Crippen LogP contribution is 2.20. The van der Waals surface area contributed by atoms with Crippen molar-refractivity contribution in [1.29, 1.82) is 0 Å². The Kier molecular flexibility index (Phi) is 5.00. The van der Waals surface area contributed by atoms with Crippen molar-refractivity contribution < 1.29 is 0 Å². The minimum atomic E-state index is 0.204. The fourth-order valence-electron chi connectivity index (χ4n) is 2.50. The van der Waals surface area contributed by atoms with Crippen molar-refractivity contribution in [1.82, 2.24) is 9.88 Å². The van der Waals surface area contributed by atoms with Crippen molar-refractivity contribution in [2.24, 2.45) is 11.1 Å². The molecular weight excluding hydrogens is 248 g/mol. The van der Waals surface area contributed by atoms with E-state index in [1.807, 2.05) is 12.3 Å². The highest BCUT2D eigenvalue weighted by molar-refractivity contribution is 5.38. The van der Waals surface area contributed by atoms with Gasteiger partial charge in [-0.3, -0.25) is 4.90 Å². The van der Waals surface area contributed by atoms with Gasteiger partial charge in [0.05, 0.1) is 0 Å². The molecule has 20 heavy (non-hydrogen) atoms. The monoisotopic (exact) mass is 276 g/mol. The number of anilines is 1. The van der Waals surface area contributed by atoms with Crippen LogP contribution in [0.5, 0.6) is 0 Å². The van der Waals surface area contributed by atoms with E-state index in [-0.39, 0.29) is 11.5 Å². The van der Waals surface area contributed by atoms with Gasteiger partial charge < -0.3 is 10.6 Å². The summed E-state index contributed by atoms with van der Waals surface area (Å²) >= 11 is 0. The van der Waals surface area contributed by atoms with Crippen molar-refractivity contribution >= 4 is 5.82 Å². The minimum absolute atomic E-state index is 0.204. The van der Waals surface area contributed by atoms with Crippen molar-refractivity contribution in [2.45, 2.75) is 33.2 Å². The maximum Gasteiger partial charge on any atom is 0.128 e. The molecule has 0 aliphatic carbocycles. The Balaban J connectivity index is 1.75. The summed E-state index contributed by atoms with van der Waals surface area (Å²) in [5, 5.41) is 0. The molecule has 1 unspecified atom stereocenters. The van der Waals surface area contributed by atoms with Gasteiger partial charge in [0.25, 0.3) is 0 Å². The third-order valence-electron chi connectivity index (χ3n) is 4.21. The van der Waals surface area contributed by atoms with E-state index < -0.39 is 0 Å². The average Bonchev–Trinajstić information content (AvgIpc) is 2.45. The fourth-order valence-corrected chi connectivity index (χ4v) is 2.50. The average molecular weight is 276 g/mol. The molecule has 2 heterocycles. The third kappa shape index (κ3) is 4.18. The van der Waals surface area contributed by atoms with E-state index in [9.17, 15) is 0 Å². The SMILES string of the molecule is CC(C)(C)C(N)CCN1CCN(c2ccccn2)CC1. The van der Waals surface area contributed by atoms with E-state index in [2.05, 4.69) is 47.7 Å². The molecule has 1 saturated heterocycles. The van der Waals surface area contributed by atoms with Crippen LogP contribution in [0.4, 0.5) is 5.82 Å². The maximum atomic E-state index is 6.24. The largest absolute Gasteiger partial charge is 0.354 e. The van der Waals surface area contributed by atoms with E-state index in [0.29, 0.717) is 0 Å². The van der Waals surface area contributed by atoms with E-state index in [1.54, 1.807) is 0 Å². The Bertz CT molecular complexity index is 391. The normalized spacial score (nSPS) is 19.1. The number of hydrogen-bond acceptors (Lipinski definition) is 4. The zero-order chi connectivity index (χ0) is 14.6. The highest BCUT2D eigenvalue weighted by atomic mass is 15.3. The summed E-state index contributed by atoms with van der Waals surface area (Å²) in [5.41, 5.74) is 6.44. The third-order valence-corrected chi connectivity index (χ3v) is 4.21. The lowest BCUT2D eigenvalue weighted by Crippen LogP contribution is -2.48. The van der Waals surface area contributed by atoms with Crippen LogP contribution in [0.3, 0.4) is 0 Å². The first-order valence-electron chi connectivity index (χ1n) is 7.61. The molecule has 1 atom stereocenters. The van der Waals surface area contributed by atoms with Gasteiger partial charge in [0.1, 0.15) is 5.82 Å². The van der Waals surface area contributed by atoms with Gasteiger partial charge in [-0.2, -0.15) is 0 Å². The molecule has 0 spiro atoms. The molecule has 1 aliphatic heterocycles. The molecule has 0 radical (unpaired) electrons. The summed E-state index contributed by atoms with van der Waals surface area (Å²) in [6.45, 7) is 12.1. The molecule has 0 saturated carbocycles. The molecular formula is C16H28N4. The first kappa shape index (κ1) is 15.3. The van der Waals surface area contributed by atoms with Crippen LogP contribution in [0.25, 0.3) is 0 Å². The van der Waals surface area contributed by atoms with Crippen molar-refractivity contribution in [3.8, 4) is 0 Å². The molecule has 0 bridgehead atoms. The predicted octanol–water partition coefficient (Wildman–Crippen LogP) is 1.97. The van der Waals surface area contributed by atoms with Gasteiger partial charge in [-0.05, 0) is 30.5 Å². The number of hydrogen-bond donors (Lipinski definition) is 1. The zero-order valence-corrected chi connectivity index (χ0v) is 13.0. The summed E-state index contributed by atoms with van der Waals surface area (Å²) in [6, 6.07) is 6.38. The second-order valence-corrected chi connectivity index (χ2v) is 6.78. The van der Waals surface area contributed by atoms with Crippen LogP contribution in [-0.2, 0) is 0 Å². The van der Waals surface area contributed by atoms with E-state index in [1.165, 1.54) is 0 Å². The number of piperazine rings is 1. The standard InChI is InChI=1S/C16H28N4/c1-16(2,3)14(17)7-9-19-10-12-20(13-11-19)15-6-4-5-8-18-15/h4-6,8,14H,7,9-13,17H2,1-3H3. The molecule has 4 nitrogen and oxygen atoms in total. The van der Waals surface area contributed by atoms with Crippen LogP contribution in [0, 0.1) is 5.41 Å². The van der Waals surface area contributed by atoms with Gasteiger partial charge in [0.15, 0.2) is 0 Å². The van der Waals surface area contributed by atoms with Gasteiger partial charge in [-0.1, -0.05) is 26.8 Å². The molecule has 1 aliphatic rings. The summed E-state index contributed by atoms with van der Waals surface area (Å²) in [4.78, 5) is 9.30. The summed E-state index contributed by atoms with van der Waals surface area (Å²) < 4.78 is 0. The lowest BCUT2D eigenvalue weighted by molar-refractivity contribution is 0.218. The first-order valence-corrected chi connectivity index (χ1v) is 7.61. The smallest absolute Gasteiger partial charge is 0.128 e. The van der Waals surface area contributed by atoms with Crippen LogP contribution < -0.4 is 10.6 Å². The Hall–Kier alpha value is -1.13. The zero-order valence-electron chi connectivity index (χ0n) is 13.0. The molecule has 1 aromatic rings. The van der Waals surface area contributed by atoms with Crippen molar-refractivity contribution in [3.05, 3.63) is 24.4 Å². The van der Waals surface area contributed by atoms with Crippen LogP contribution in [-0.4, -0.2) is 48.6 Å². The van der Waals surface area contributed by atoms with Crippen LogP contribution in [0.2, 0.25) is 0 Å². The molecule has 1 fully saturated rings. The maximum absolute atomic E-state index is 6.24. The minimum Gasteiger partial charge on any atom is -0.354 e. The lowest BCUT2D eigenvalue weighted by Gasteiger charge is -2.36. The van der Waals surface area contributed by atoms with Gasteiger partial charge in [-0.25, -0.2) is 4.98 Å². The number of aromatic nitrogens is 1. The Morgan fingerprint density at radius 3 is 2.45 bits per heavy atom. The second-order valence-electron chi connectivity index (χ2n) is 6.78. The van der Waals surface area contributed by atoms with Crippen LogP contribution in [0.15, 0.2) is 24.4 Å². The van der Waals surface area contributed by atoms with Gasteiger partial charge >= 0.3 is 0 Å². The Labute approximate surface area is 123 Å². The van der Waals surface area contributed by atoms with E-state index in [4.69, 9.17) is 5.73 Å². The number of nitrogens with two attached hydrogens (primary N) is 1. The molecule has 4 heteroatoms. The molecule has 2 rings (SSSR count). The van der Waals surface area contributed by atoms with Crippen molar-refractivity contribution in [3.63, 3.8) is 0 Å². The van der Waals surface area contributed by atoms with E-state index >= 15 is 0 Å². The quantitative estimate of drug-likeness (QED) is 0.913. The van der Waals surface area contributed by atoms with Crippen LogP contribution >= 0.6 is 0 Å². The van der Waals surface area contributed by atoms with Crippen LogP contribution in [0.1, 0.15) is 27.2 Å². The number of pyridine rings is 1. The topological polar surface area (TPSA) is 45.4 Å². The lowest BCUT2D eigenvalue weighted by atomic mass is 9.85. The van der Waals surface area contributed by atoms with Gasteiger partial charge in [0.2, 0.25) is 0 Å². The molecule has 1 aromatic heterocycles. The molecule has 2 N–H and O–H groups in total. The Morgan fingerprint density at radius 2 is 1.90 bits per heavy atom. The van der Waals surface area contributed by atoms with Gasteiger partial charge in [0, 0.05) is 38.4 Å². The fraction of sp³-hybridized carbons (Fsp3) is 0.688. The highest BCUT2D eigenvalue weighted by Gasteiger charge is 2.23. The summed E-state index contributed by atoms with van der Waals surface area (Å²) in [6.07, 6.45) is 2.94. The predicted molar refractivity (Wildman–Crippen MR) is 84.9 cm³/mol.